The Kier molecular flexibility index (Phi) is 2.88. The highest BCUT2D eigenvalue weighted by Crippen LogP contribution is 2.46. The van der Waals surface area contributed by atoms with Crippen LogP contribution in [0.25, 0.3) is 0 Å². The molecule has 0 radical (unpaired) electrons. The van der Waals surface area contributed by atoms with Gasteiger partial charge in [0.25, 0.3) is 5.97 Å². The summed E-state index contributed by atoms with van der Waals surface area (Å²) in [5, 5.41) is 0. The van der Waals surface area contributed by atoms with Crippen molar-refractivity contribution in [3.05, 3.63) is 0 Å². The van der Waals surface area contributed by atoms with Crippen molar-refractivity contribution in [3.8, 4) is 0 Å². The van der Waals surface area contributed by atoms with Crippen LogP contribution < -0.4 is 0 Å². The number of likely N-dealkylation sites (tertiary alicyclic amines) is 1. The normalized spacial score (nSPS) is 43.8. The summed E-state index contributed by atoms with van der Waals surface area (Å²) in [7, 11) is 1.81. The number of fused-ring (bicyclic) bond motifs is 3. The van der Waals surface area contributed by atoms with Gasteiger partial charge in [0.15, 0.2) is 0 Å². The second kappa shape index (κ2) is 4.18. The largest absolute Gasteiger partial charge is 0.345 e. The van der Waals surface area contributed by atoms with E-state index in [1.54, 1.807) is 4.90 Å². The maximum absolute atomic E-state index is 11.6. The number of nitrogens with zero attached hydrogens (tertiary/aromatic N) is 1. The second-order valence-corrected chi connectivity index (χ2v) is 5.89. The summed E-state index contributed by atoms with van der Waals surface area (Å²) in [5.41, 5.74) is 0.0328. The molecule has 1 atom stereocenters. The minimum atomic E-state index is -0.962. The Labute approximate surface area is 107 Å². The molecule has 0 aromatic rings. The van der Waals surface area contributed by atoms with Crippen molar-refractivity contribution in [1.82, 2.24) is 4.90 Å². The van der Waals surface area contributed by atoms with Crippen LogP contribution in [0.1, 0.15) is 26.2 Å². The highest BCUT2D eigenvalue weighted by Gasteiger charge is 2.58. The zero-order valence-corrected chi connectivity index (χ0v) is 11.1. The van der Waals surface area contributed by atoms with Gasteiger partial charge in [0.05, 0.1) is 25.7 Å². The van der Waals surface area contributed by atoms with Crippen LogP contribution in [0.4, 0.5) is 0 Å². The van der Waals surface area contributed by atoms with Crippen LogP contribution in [0.3, 0.4) is 0 Å². The molecule has 0 saturated carbocycles. The molecule has 1 amide bonds. The van der Waals surface area contributed by atoms with Crippen LogP contribution in [0.15, 0.2) is 0 Å². The first-order chi connectivity index (χ1) is 8.59. The van der Waals surface area contributed by atoms with E-state index in [1.165, 1.54) is 0 Å². The minimum Gasteiger partial charge on any atom is -0.345 e. The molecule has 0 aromatic carbocycles. The van der Waals surface area contributed by atoms with Crippen molar-refractivity contribution < 1.29 is 19.0 Å². The summed E-state index contributed by atoms with van der Waals surface area (Å²) >= 11 is 0. The van der Waals surface area contributed by atoms with E-state index >= 15 is 0 Å². The van der Waals surface area contributed by atoms with Gasteiger partial charge in [0.1, 0.15) is 0 Å². The molecule has 4 saturated heterocycles. The van der Waals surface area contributed by atoms with Gasteiger partial charge in [-0.2, -0.15) is 0 Å². The Hall–Kier alpha value is -0.650. The van der Waals surface area contributed by atoms with Crippen molar-refractivity contribution in [2.24, 2.45) is 11.3 Å². The topological polar surface area (TPSA) is 48.0 Å². The molecule has 5 nitrogen and oxygen atoms in total. The first kappa shape index (κ1) is 12.4. The van der Waals surface area contributed by atoms with Crippen LogP contribution in [-0.4, -0.2) is 50.2 Å². The molecule has 1 unspecified atom stereocenters. The number of hydrogen-bond acceptors (Lipinski definition) is 4. The fourth-order valence-corrected chi connectivity index (χ4v) is 3.21. The van der Waals surface area contributed by atoms with Gasteiger partial charge < -0.3 is 19.1 Å². The molecular formula is C13H21NO4. The van der Waals surface area contributed by atoms with E-state index in [-0.39, 0.29) is 17.2 Å². The summed E-state index contributed by atoms with van der Waals surface area (Å²) in [6, 6.07) is 0. The Morgan fingerprint density at radius 2 is 1.89 bits per heavy atom. The molecule has 2 bridgehead atoms. The molecule has 4 fully saturated rings. The van der Waals surface area contributed by atoms with Crippen molar-refractivity contribution in [3.63, 3.8) is 0 Å². The number of carbonyl (C=O) groups excluding carboxylic acids is 1. The van der Waals surface area contributed by atoms with Gasteiger partial charge in [0, 0.05) is 25.4 Å². The van der Waals surface area contributed by atoms with Crippen LogP contribution in [0.5, 0.6) is 0 Å². The lowest BCUT2D eigenvalue weighted by Gasteiger charge is -2.53. The molecule has 4 aliphatic heterocycles. The van der Waals surface area contributed by atoms with E-state index in [2.05, 4.69) is 6.92 Å². The molecule has 5 heteroatoms. The molecule has 0 spiro atoms. The average molecular weight is 255 g/mol. The standard InChI is InChI=1S/C13H21NO4/c1-3-4-12-7-16-13(17-8-12,18-9-12)10-5-11(15)14(2)6-10/h10H,3-9H2,1-2H3. The van der Waals surface area contributed by atoms with Crippen molar-refractivity contribution in [2.45, 2.75) is 32.2 Å². The van der Waals surface area contributed by atoms with Crippen molar-refractivity contribution >= 4 is 5.91 Å². The zero-order chi connectivity index (χ0) is 12.8. The van der Waals surface area contributed by atoms with Crippen LogP contribution >= 0.6 is 0 Å². The first-order valence-electron chi connectivity index (χ1n) is 6.75. The summed E-state index contributed by atoms with van der Waals surface area (Å²) in [6.07, 6.45) is 2.62. The van der Waals surface area contributed by atoms with Gasteiger partial charge in [-0.3, -0.25) is 4.79 Å². The Balaban J connectivity index is 1.71. The minimum absolute atomic E-state index is 0.00470. The maximum atomic E-state index is 11.6. The van der Waals surface area contributed by atoms with Crippen LogP contribution in [0, 0.1) is 11.3 Å². The van der Waals surface area contributed by atoms with Gasteiger partial charge >= 0.3 is 0 Å². The smallest absolute Gasteiger partial charge is 0.288 e. The molecule has 102 valence electrons. The third-order valence-corrected chi connectivity index (χ3v) is 4.36. The van der Waals surface area contributed by atoms with E-state index in [9.17, 15) is 4.79 Å². The number of carbonyl (C=O) groups is 1. The second-order valence-electron chi connectivity index (χ2n) is 5.89. The third kappa shape index (κ3) is 1.76. The van der Waals surface area contributed by atoms with Gasteiger partial charge in [-0.05, 0) is 6.42 Å². The summed E-state index contributed by atoms with van der Waals surface area (Å²) < 4.78 is 17.6. The number of rotatable bonds is 3. The number of amides is 1. The monoisotopic (exact) mass is 255 g/mol. The van der Waals surface area contributed by atoms with E-state index < -0.39 is 5.97 Å². The summed E-state index contributed by atoms with van der Waals surface area (Å²) in [5.74, 6) is -0.827. The fourth-order valence-electron chi connectivity index (χ4n) is 3.21. The predicted molar refractivity (Wildman–Crippen MR) is 63.7 cm³/mol. The lowest BCUT2D eigenvalue weighted by molar-refractivity contribution is -0.485. The van der Waals surface area contributed by atoms with Crippen molar-refractivity contribution in [2.75, 3.05) is 33.4 Å². The molecule has 4 heterocycles. The predicted octanol–water partition coefficient (Wildman–Crippen LogP) is 0.982. The van der Waals surface area contributed by atoms with Crippen LogP contribution in [0.2, 0.25) is 0 Å². The molecule has 4 rings (SSSR count). The lowest BCUT2D eigenvalue weighted by atomic mass is 9.83. The molecule has 0 aromatic heterocycles. The Morgan fingerprint density at radius 1 is 1.28 bits per heavy atom. The maximum Gasteiger partial charge on any atom is 0.288 e. The lowest BCUT2D eigenvalue weighted by Crippen LogP contribution is -2.63. The number of hydrogen-bond donors (Lipinski definition) is 0. The molecule has 0 aliphatic carbocycles. The van der Waals surface area contributed by atoms with Gasteiger partial charge in [-0.25, -0.2) is 0 Å². The number of ether oxygens (including phenoxy) is 3. The van der Waals surface area contributed by atoms with Gasteiger partial charge in [-0.15, -0.1) is 0 Å². The summed E-state index contributed by atoms with van der Waals surface area (Å²) in [4.78, 5) is 13.3. The molecule has 4 aliphatic rings. The summed E-state index contributed by atoms with van der Waals surface area (Å²) in [6.45, 7) is 4.88. The average Bonchev–Trinajstić information content (AvgIpc) is 2.73. The Morgan fingerprint density at radius 3 is 2.33 bits per heavy atom. The van der Waals surface area contributed by atoms with E-state index in [1.807, 2.05) is 7.05 Å². The Bertz CT molecular complexity index is 332. The SMILES string of the molecule is CCCC12COC(C3CC(=O)N(C)C3)(OC1)OC2. The highest BCUT2D eigenvalue weighted by molar-refractivity contribution is 5.78. The van der Waals surface area contributed by atoms with E-state index in [0.717, 1.165) is 12.8 Å². The highest BCUT2D eigenvalue weighted by atomic mass is 16.9. The van der Waals surface area contributed by atoms with E-state index in [0.29, 0.717) is 32.8 Å². The van der Waals surface area contributed by atoms with Gasteiger partial charge in [0.2, 0.25) is 5.91 Å². The molecule has 18 heavy (non-hydrogen) atoms. The zero-order valence-electron chi connectivity index (χ0n) is 11.1. The van der Waals surface area contributed by atoms with Crippen molar-refractivity contribution in [1.29, 1.82) is 0 Å². The van der Waals surface area contributed by atoms with Gasteiger partial charge in [-0.1, -0.05) is 13.3 Å². The first-order valence-corrected chi connectivity index (χ1v) is 6.75. The fraction of sp³-hybridized carbons (Fsp3) is 0.923. The van der Waals surface area contributed by atoms with Crippen LogP contribution in [-0.2, 0) is 19.0 Å². The third-order valence-electron chi connectivity index (χ3n) is 4.36. The quantitative estimate of drug-likeness (QED) is 0.754. The molecular weight excluding hydrogens is 234 g/mol. The molecule has 0 N–H and O–H groups in total. The van der Waals surface area contributed by atoms with E-state index in [4.69, 9.17) is 14.2 Å².